The highest BCUT2D eigenvalue weighted by atomic mass is 35.5. The van der Waals surface area contributed by atoms with Gasteiger partial charge in [0.15, 0.2) is 11.6 Å². The summed E-state index contributed by atoms with van der Waals surface area (Å²) in [5.41, 5.74) is 6.88. The highest BCUT2D eigenvalue weighted by Crippen LogP contribution is 2.38. The number of unbranched alkanes of at least 4 members (excludes halogenated alkanes) is 12. The third-order valence-corrected chi connectivity index (χ3v) is 5.47. The molecule has 2 N–H and O–H groups in total. The number of halogens is 1. The Morgan fingerprint density at radius 3 is 2.00 bits per heavy atom. The monoisotopic (exact) mass is 381 g/mol. The normalized spacial score (nSPS) is 13.5. The van der Waals surface area contributed by atoms with Crippen LogP contribution in [0.4, 0.5) is 17.3 Å². The van der Waals surface area contributed by atoms with Gasteiger partial charge in [0, 0.05) is 18.3 Å². The Morgan fingerprint density at radius 2 is 1.42 bits per heavy atom. The van der Waals surface area contributed by atoms with Gasteiger partial charge in [-0.25, -0.2) is 14.4 Å². The molecule has 6 heteroatoms. The summed E-state index contributed by atoms with van der Waals surface area (Å²) in [6, 6.07) is 0. The molecule has 2 rings (SSSR count). The van der Waals surface area contributed by atoms with E-state index in [4.69, 9.17) is 17.5 Å². The van der Waals surface area contributed by atoms with Crippen LogP contribution in [0.3, 0.4) is 0 Å². The lowest BCUT2D eigenvalue weighted by atomic mass is 10.0. The zero-order valence-corrected chi connectivity index (χ0v) is 17.2. The van der Waals surface area contributed by atoms with E-state index in [1.807, 2.05) is 0 Å². The summed E-state index contributed by atoms with van der Waals surface area (Å²) in [4.78, 5) is 10.5. The maximum atomic E-state index is 6.21. The van der Waals surface area contributed by atoms with Crippen molar-refractivity contribution in [2.75, 3.05) is 28.3 Å². The second-order valence-electron chi connectivity index (χ2n) is 7.44. The van der Waals surface area contributed by atoms with Crippen molar-refractivity contribution in [3.63, 3.8) is 0 Å². The van der Waals surface area contributed by atoms with Crippen LogP contribution in [-0.4, -0.2) is 23.2 Å². The van der Waals surface area contributed by atoms with E-state index in [1.54, 1.807) is 4.42 Å². The molecule has 0 bridgehead atoms. The van der Waals surface area contributed by atoms with E-state index in [2.05, 4.69) is 21.8 Å². The molecule has 1 aromatic rings. The molecule has 1 aromatic heterocycles. The molecular formula is C20H36ClN5. The molecule has 0 saturated carbocycles. The van der Waals surface area contributed by atoms with E-state index in [0.717, 1.165) is 24.5 Å². The van der Waals surface area contributed by atoms with Crippen LogP contribution in [0.1, 0.15) is 90.4 Å². The van der Waals surface area contributed by atoms with E-state index in [-0.39, 0.29) is 0 Å². The van der Waals surface area contributed by atoms with Crippen LogP contribution >= 0.6 is 11.8 Å². The van der Waals surface area contributed by atoms with Gasteiger partial charge in [-0.1, -0.05) is 84.0 Å². The van der Waals surface area contributed by atoms with Crippen molar-refractivity contribution < 1.29 is 0 Å². The van der Waals surface area contributed by atoms with Crippen molar-refractivity contribution in [2.24, 2.45) is 0 Å². The second-order valence-corrected chi connectivity index (χ2v) is 7.85. The number of rotatable bonds is 14. The molecule has 1 aliphatic heterocycles. The zero-order valence-electron chi connectivity index (χ0n) is 16.4. The van der Waals surface area contributed by atoms with Crippen LogP contribution in [0.15, 0.2) is 6.33 Å². The number of hydrogen-bond donors (Lipinski definition) is 1. The topological polar surface area (TPSA) is 58.3 Å². The van der Waals surface area contributed by atoms with Crippen LogP contribution in [0.2, 0.25) is 0 Å². The zero-order chi connectivity index (χ0) is 18.6. The number of hydrogen-bond acceptors (Lipinski definition) is 5. The van der Waals surface area contributed by atoms with Gasteiger partial charge in [0.1, 0.15) is 18.7 Å². The molecule has 0 spiro atoms. The van der Waals surface area contributed by atoms with Crippen molar-refractivity contribution in [1.82, 2.24) is 9.97 Å². The van der Waals surface area contributed by atoms with Crippen LogP contribution in [0.25, 0.3) is 0 Å². The lowest BCUT2D eigenvalue weighted by molar-refractivity contribution is 0.539. The fraction of sp³-hybridized carbons (Fsp3) is 0.800. The summed E-state index contributed by atoms with van der Waals surface area (Å²) in [7, 11) is 0. The summed E-state index contributed by atoms with van der Waals surface area (Å²) in [5.74, 6) is 1.25. The van der Waals surface area contributed by atoms with Gasteiger partial charge < -0.3 is 10.6 Å². The molecule has 26 heavy (non-hydrogen) atoms. The number of nitrogens with zero attached hydrogens (tertiary/aromatic N) is 4. The summed E-state index contributed by atoms with van der Waals surface area (Å²) >= 11 is 6.21. The molecule has 0 aliphatic carbocycles. The summed E-state index contributed by atoms with van der Waals surface area (Å²) in [6.45, 7) is 3.88. The third-order valence-electron chi connectivity index (χ3n) is 5.20. The Morgan fingerprint density at radius 1 is 0.885 bits per heavy atom. The SMILES string of the molecule is CCCCCCCCCCCCCCCN1CN(Cl)c2ncnc(N)c21. The summed E-state index contributed by atoms with van der Waals surface area (Å²) in [6.07, 6.45) is 19.3. The Bertz CT molecular complexity index is 511. The minimum Gasteiger partial charge on any atom is -0.382 e. The van der Waals surface area contributed by atoms with Crippen LogP contribution in [0.5, 0.6) is 0 Å². The van der Waals surface area contributed by atoms with Gasteiger partial charge in [0.25, 0.3) is 0 Å². The Labute approximate surface area is 164 Å². The predicted octanol–water partition coefficient (Wildman–Crippen LogP) is 5.89. The van der Waals surface area contributed by atoms with Crippen molar-refractivity contribution in [2.45, 2.75) is 90.4 Å². The molecule has 148 valence electrons. The molecule has 0 saturated heterocycles. The van der Waals surface area contributed by atoms with Crippen molar-refractivity contribution in [3.8, 4) is 0 Å². The van der Waals surface area contributed by atoms with E-state index >= 15 is 0 Å². The maximum absolute atomic E-state index is 6.21. The molecular weight excluding hydrogens is 346 g/mol. The second kappa shape index (κ2) is 12.2. The highest BCUT2D eigenvalue weighted by molar-refractivity contribution is 6.27. The average molecular weight is 382 g/mol. The van der Waals surface area contributed by atoms with Gasteiger partial charge in [-0.15, -0.1) is 0 Å². The third kappa shape index (κ3) is 6.82. The van der Waals surface area contributed by atoms with Gasteiger partial charge in [0.05, 0.1) is 0 Å². The number of nitrogen functional groups attached to an aromatic ring is 1. The number of nitrogens with two attached hydrogens (primary N) is 1. The number of anilines is 3. The summed E-state index contributed by atoms with van der Waals surface area (Å²) in [5, 5.41) is 0. The first-order valence-corrected chi connectivity index (χ1v) is 10.9. The first-order chi connectivity index (χ1) is 12.7. The lowest BCUT2D eigenvalue weighted by Crippen LogP contribution is -2.27. The van der Waals surface area contributed by atoms with Crippen LogP contribution in [0, 0.1) is 0 Å². The highest BCUT2D eigenvalue weighted by Gasteiger charge is 2.28. The lowest BCUT2D eigenvalue weighted by Gasteiger charge is -2.18. The molecule has 0 aromatic carbocycles. The van der Waals surface area contributed by atoms with E-state index in [0.29, 0.717) is 12.5 Å². The largest absolute Gasteiger partial charge is 0.382 e. The van der Waals surface area contributed by atoms with E-state index < -0.39 is 0 Å². The minimum absolute atomic E-state index is 0.521. The number of fused-ring (bicyclic) bond motifs is 1. The number of aromatic nitrogens is 2. The van der Waals surface area contributed by atoms with Crippen molar-refractivity contribution >= 4 is 29.1 Å². The molecule has 0 amide bonds. The van der Waals surface area contributed by atoms with Crippen molar-refractivity contribution in [1.29, 1.82) is 0 Å². The fourth-order valence-corrected chi connectivity index (χ4v) is 3.91. The van der Waals surface area contributed by atoms with Gasteiger partial charge in [-0.3, -0.25) is 0 Å². The molecule has 0 fully saturated rings. The minimum atomic E-state index is 0.521. The first-order valence-electron chi connectivity index (χ1n) is 10.5. The van der Waals surface area contributed by atoms with Gasteiger partial charge in [-0.05, 0) is 6.42 Å². The maximum Gasteiger partial charge on any atom is 0.174 e. The molecule has 5 nitrogen and oxygen atoms in total. The Kier molecular flexibility index (Phi) is 9.90. The van der Waals surface area contributed by atoms with Crippen LogP contribution in [-0.2, 0) is 0 Å². The Hall–Kier alpha value is -1.23. The average Bonchev–Trinajstić information content (AvgIpc) is 2.96. The van der Waals surface area contributed by atoms with E-state index in [1.165, 1.54) is 83.4 Å². The van der Waals surface area contributed by atoms with Gasteiger partial charge >= 0.3 is 0 Å². The predicted molar refractivity (Wildman–Crippen MR) is 113 cm³/mol. The van der Waals surface area contributed by atoms with Gasteiger partial charge in [-0.2, -0.15) is 0 Å². The Balaban J connectivity index is 1.46. The molecule has 0 radical (unpaired) electrons. The smallest absolute Gasteiger partial charge is 0.174 e. The van der Waals surface area contributed by atoms with Gasteiger partial charge in [0.2, 0.25) is 0 Å². The molecule has 0 atom stereocenters. The summed E-state index contributed by atoms with van der Waals surface area (Å²) < 4.78 is 1.62. The fourth-order valence-electron chi connectivity index (χ4n) is 3.65. The standard InChI is InChI=1S/C20H36ClN5/c1-2-3-4-5-6-7-8-9-10-11-12-13-14-15-25-17-26(21)20-18(25)19(22)23-16-24-20/h16H,2-15,17H2,1H3,(H2,22,23,24). The first kappa shape index (κ1) is 21.1. The van der Waals surface area contributed by atoms with E-state index in [9.17, 15) is 0 Å². The molecule has 1 aliphatic rings. The quantitative estimate of drug-likeness (QED) is 0.321. The molecule has 0 unspecified atom stereocenters. The van der Waals surface area contributed by atoms with Crippen molar-refractivity contribution in [3.05, 3.63) is 6.33 Å². The van der Waals surface area contributed by atoms with Crippen LogP contribution < -0.4 is 15.1 Å². The molecule has 2 heterocycles.